The van der Waals surface area contributed by atoms with Crippen LogP contribution in [0.2, 0.25) is 0 Å². The van der Waals surface area contributed by atoms with Crippen LogP contribution in [0.1, 0.15) is 65.1 Å². The average Bonchev–Trinajstić information content (AvgIpc) is 2.89. The third-order valence-corrected chi connectivity index (χ3v) is 5.95. The molecule has 0 bridgehead atoms. The number of hydrogen-bond acceptors (Lipinski definition) is 4. The molecule has 122 valence electrons. The Balaban J connectivity index is 2.60. The summed E-state index contributed by atoms with van der Waals surface area (Å²) in [6, 6.07) is 0.544. The SMILES string of the molecule is CCCNC(CSC(C)CC)Cc1nc(C(C)(C)C)cs1. The van der Waals surface area contributed by atoms with Gasteiger partial charge in [-0.05, 0) is 19.4 Å². The monoisotopic (exact) mass is 328 g/mol. The fourth-order valence-corrected chi connectivity index (χ4v) is 4.03. The molecule has 0 spiro atoms. The summed E-state index contributed by atoms with van der Waals surface area (Å²) < 4.78 is 0. The zero-order valence-electron chi connectivity index (χ0n) is 14.5. The number of rotatable bonds is 9. The van der Waals surface area contributed by atoms with Crippen molar-refractivity contribution in [3.63, 3.8) is 0 Å². The van der Waals surface area contributed by atoms with Crippen molar-refractivity contribution < 1.29 is 0 Å². The van der Waals surface area contributed by atoms with E-state index in [1.165, 1.54) is 29.3 Å². The number of nitrogens with zero attached hydrogens (tertiary/aromatic N) is 1. The van der Waals surface area contributed by atoms with Crippen LogP contribution >= 0.6 is 23.1 Å². The molecule has 0 fully saturated rings. The molecule has 21 heavy (non-hydrogen) atoms. The molecule has 0 aliphatic heterocycles. The van der Waals surface area contributed by atoms with E-state index in [1.807, 2.05) is 11.3 Å². The molecule has 1 rings (SSSR count). The van der Waals surface area contributed by atoms with Crippen molar-refractivity contribution in [1.82, 2.24) is 10.3 Å². The van der Waals surface area contributed by atoms with E-state index in [0.29, 0.717) is 6.04 Å². The molecule has 1 N–H and O–H groups in total. The van der Waals surface area contributed by atoms with Crippen molar-refractivity contribution in [2.45, 2.75) is 77.5 Å². The molecule has 0 aromatic carbocycles. The molecule has 1 heterocycles. The van der Waals surface area contributed by atoms with Crippen LogP contribution in [-0.4, -0.2) is 28.6 Å². The van der Waals surface area contributed by atoms with E-state index >= 15 is 0 Å². The summed E-state index contributed by atoms with van der Waals surface area (Å²) in [7, 11) is 0. The van der Waals surface area contributed by atoms with Gasteiger partial charge in [0.1, 0.15) is 0 Å². The summed E-state index contributed by atoms with van der Waals surface area (Å²) in [5.41, 5.74) is 1.39. The number of hydrogen-bond donors (Lipinski definition) is 1. The summed E-state index contributed by atoms with van der Waals surface area (Å²) >= 11 is 3.90. The van der Waals surface area contributed by atoms with Crippen LogP contribution in [0.15, 0.2) is 5.38 Å². The van der Waals surface area contributed by atoms with Gasteiger partial charge in [0.2, 0.25) is 0 Å². The minimum absolute atomic E-state index is 0.159. The molecule has 0 amide bonds. The van der Waals surface area contributed by atoms with Gasteiger partial charge in [0, 0.05) is 34.3 Å². The van der Waals surface area contributed by atoms with Gasteiger partial charge in [0.15, 0.2) is 0 Å². The summed E-state index contributed by atoms with van der Waals surface area (Å²) in [5.74, 6) is 1.18. The number of thiazole rings is 1. The predicted octanol–water partition coefficient (Wildman–Crippen LogP) is 4.88. The van der Waals surface area contributed by atoms with Gasteiger partial charge in [-0.3, -0.25) is 0 Å². The topological polar surface area (TPSA) is 24.9 Å². The second kappa shape index (κ2) is 9.16. The quantitative estimate of drug-likeness (QED) is 0.699. The molecule has 0 aliphatic carbocycles. The first kappa shape index (κ1) is 19.0. The Morgan fingerprint density at radius 2 is 2.05 bits per heavy atom. The third kappa shape index (κ3) is 7.16. The smallest absolute Gasteiger partial charge is 0.0944 e. The van der Waals surface area contributed by atoms with Gasteiger partial charge >= 0.3 is 0 Å². The summed E-state index contributed by atoms with van der Waals surface area (Å²) in [6.07, 6.45) is 3.50. The van der Waals surface area contributed by atoms with Crippen molar-refractivity contribution in [1.29, 1.82) is 0 Å². The number of nitrogens with one attached hydrogen (secondary N) is 1. The van der Waals surface area contributed by atoms with Gasteiger partial charge in [-0.2, -0.15) is 11.8 Å². The van der Waals surface area contributed by atoms with Crippen LogP contribution in [0.4, 0.5) is 0 Å². The molecule has 2 unspecified atom stereocenters. The van der Waals surface area contributed by atoms with Gasteiger partial charge in [-0.15, -0.1) is 11.3 Å². The van der Waals surface area contributed by atoms with E-state index < -0.39 is 0 Å². The maximum Gasteiger partial charge on any atom is 0.0944 e. The number of aromatic nitrogens is 1. The lowest BCUT2D eigenvalue weighted by atomic mass is 9.93. The van der Waals surface area contributed by atoms with Crippen LogP contribution < -0.4 is 5.32 Å². The normalized spacial score (nSPS) is 15.1. The first-order valence-electron chi connectivity index (χ1n) is 8.16. The highest BCUT2D eigenvalue weighted by Gasteiger charge is 2.19. The van der Waals surface area contributed by atoms with Crippen LogP contribution in [0, 0.1) is 0 Å². The summed E-state index contributed by atoms with van der Waals surface area (Å²) in [6.45, 7) is 14.6. The van der Waals surface area contributed by atoms with E-state index in [9.17, 15) is 0 Å². The van der Waals surface area contributed by atoms with Crippen molar-refractivity contribution in [3.8, 4) is 0 Å². The highest BCUT2D eigenvalue weighted by molar-refractivity contribution is 7.99. The molecule has 4 heteroatoms. The second-order valence-corrected chi connectivity index (χ2v) is 9.20. The fourth-order valence-electron chi connectivity index (χ4n) is 1.90. The summed E-state index contributed by atoms with van der Waals surface area (Å²) in [4.78, 5) is 4.85. The van der Waals surface area contributed by atoms with E-state index in [-0.39, 0.29) is 5.41 Å². The minimum Gasteiger partial charge on any atom is -0.313 e. The van der Waals surface area contributed by atoms with Gasteiger partial charge in [-0.25, -0.2) is 4.98 Å². The van der Waals surface area contributed by atoms with E-state index in [0.717, 1.165) is 18.2 Å². The second-order valence-electron chi connectivity index (χ2n) is 6.78. The van der Waals surface area contributed by atoms with Gasteiger partial charge in [0.05, 0.1) is 10.7 Å². The van der Waals surface area contributed by atoms with Crippen LogP contribution in [-0.2, 0) is 11.8 Å². The molecule has 0 saturated heterocycles. The minimum atomic E-state index is 0.159. The van der Waals surface area contributed by atoms with Crippen molar-refractivity contribution in [2.75, 3.05) is 12.3 Å². The van der Waals surface area contributed by atoms with Gasteiger partial charge < -0.3 is 5.32 Å². The molecule has 0 radical (unpaired) electrons. The van der Waals surface area contributed by atoms with Crippen LogP contribution in [0.5, 0.6) is 0 Å². The fraction of sp³-hybridized carbons (Fsp3) is 0.824. The number of thioether (sulfide) groups is 1. The Hall–Kier alpha value is -0.0600. The molecule has 1 aromatic rings. The average molecular weight is 329 g/mol. The zero-order chi connectivity index (χ0) is 15.9. The molecule has 0 aliphatic rings. The Morgan fingerprint density at radius 1 is 1.33 bits per heavy atom. The molecule has 1 aromatic heterocycles. The third-order valence-electron chi connectivity index (χ3n) is 3.58. The Labute approximate surface area is 139 Å². The molecule has 0 saturated carbocycles. The highest BCUT2D eigenvalue weighted by Crippen LogP contribution is 2.25. The standard InChI is InChI=1S/C17H32N2S2/c1-7-9-18-14(11-20-13(3)8-2)10-16-19-15(12-21-16)17(4,5)6/h12-14,18H,7-11H2,1-6H3. The van der Waals surface area contributed by atoms with E-state index in [4.69, 9.17) is 4.98 Å². The van der Waals surface area contributed by atoms with Crippen LogP contribution in [0.3, 0.4) is 0 Å². The molecule has 2 atom stereocenters. The first-order valence-corrected chi connectivity index (χ1v) is 10.1. The molecule has 2 nitrogen and oxygen atoms in total. The lowest BCUT2D eigenvalue weighted by Crippen LogP contribution is -2.34. The molecular weight excluding hydrogens is 296 g/mol. The molecular formula is C17H32N2S2. The Morgan fingerprint density at radius 3 is 2.57 bits per heavy atom. The maximum absolute atomic E-state index is 4.85. The van der Waals surface area contributed by atoms with Crippen LogP contribution in [0.25, 0.3) is 0 Å². The highest BCUT2D eigenvalue weighted by atomic mass is 32.2. The van der Waals surface area contributed by atoms with Crippen molar-refractivity contribution in [3.05, 3.63) is 16.1 Å². The maximum atomic E-state index is 4.85. The Bertz CT molecular complexity index is 396. The lowest BCUT2D eigenvalue weighted by Gasteiger charge is -2.19. The van der Waals surface area contributed by atoms with Gasteiger partial charge in [0.25, 0.3) is 0 Å². The first-order chi connectivity index (χ1) is 9.86. The lowest BCUT2D eigenvalue weighted by molar-refractivity contribution is 0.540. The van der Waals surface area contributed by atoms with E-state index in [2.05, 4.69) is 64.0 Å². The predicted molar refractivity (Wildman–Crippen MR) is 98.8 cm³/mol. The largest absolute Gasteiger partial charge is 0.313 e. The van der Waals surface area contributed by atoms with E-state index in [1.54, 1.807) is 0 Å². The van der Waals surface area contributed by atoms with Crippen molar-refractivity contribution in [2.24, 2.45) is 0 Å². The Kier molecular flexibility index (Phi) is 8.28. The van der Waals surface area contributed by atoms with Crippen molar-refractivity contribution >= 4 is 23.1 Å². The zero-order valence-corrected chi connectivity index (χ0v) is 16.2. The summed E-state index contributed by atoms with van der Waals surface area (Å²) in [5, 5.41) is 7.95. The van der Waals surface area contributed by atoms with Gasteiger partial charge in [-0.1, -0.05) is 41.5 Å².